The summed E-state index contributed by atoms with van der Waals surface area (Å²) in [6.45, 7) is 0. The Kier molecular flexibility index (Phi) is 4.06. The van der Waals surface area contributed by atoms with Gasteiger partial charge in [0.15, 0.2) is 5.43 Å². The molecule has 0 bridgehead atoms. The first-order valence-corrected chi connectivity index (χ1v) is 7.33. The number of esters is 2. The van der Waals surface area contributed by atoms with Gasteiger partial charge in [0.2, 0.25) is 5.88 Å². The summed E-state index contributed by atoms with van der Waals surface area (Å²) in [6, 6.07) is 8.19. The zero-order valence-corrected chi connectivity index (χ0v) is 13.8. The predicted molar refractivity (Wildman–Crippen MR) is 89.6 cm³/mol. The maximum Gasteiger partial charge on any atom is 0.340 e. The second-order valence-corrected chi connectivity index (χ2v) is 5.27. The van der Waals surface area contributed by atoms with Crippen LogP contribution in [0.15, 0.2) is 33.5 Å². The van der Waals surface area contributed by atoms with Gasteiger partial charge in [-0.3, -0.25) is 4.79 Å². The van der Waals surface area contributed by atoms with E-state index in [0.29, 0.717) is 5.39 Å². The van der Waals surface area contributed by atoms with Crippen LogP contribution in [0, 0.1) is 22.0 Å². The molecule has 1 aromatic rings. The van der Waals surface area contributed by atoms with Crippen LogP contribution >= 0.6 is 0 Å². The number of hydrogen-bond acceptors (Lipinski definition) is 8. The van der Waals surface area contributed by atoms with Gasteiger partial charge in [-0.1, -0.05) is 24.3 Å². The smallest absolute Gasteiger partial charge is 0.340 e. The van der Waals surface area contributed by atoms with Gasteiger partial charge in [-0.2, -0.15) is 5.26 Å². The number of nitrogens with zero attached hydrogens (tertiary/aromatic N) is 1. The lowest BCUT2D eigenvalue weighted by Crippen LogP contribution is -2.16. The number of rotatable bonds is 2. The molecule has 0 unspecified atom stereocenters. The second kappa shape index (κ2) is 6.22. The highest BCUT2D eigenvalue weighted by atomic mass is 16.5. The van der Waals surface area contributed by atoms with Crippen molar-refractivity contribution in [3.63, 3.8) is 0 Å². The first-order valence-electron chi connectivity index (χ1n) is 7.33. The molecule has 0 amide bonds. The zero-order valence-electron chi connectivity index (χ0n) is 13.8. The first kappa shape index (κ1) is 17.0. The average molecular weight is 352 g/mol. The predicted octanol–water partition coefficient (Wildman–Crippen LogP) is 1.54. The van der Waals surface area contributed by atoms with E-state index in [2.05, 4.69) is 4.74 Å². The number of nitrogen functional groups attached to an aromatic ring is 1. The van der Waals surface area contributed by atoms with E-state index >= 15 is 0 Å². The molecule has 0 saturated carbocycles. The fourth-order valence-corrected chi connectivity index (χ4v) is 2.84. The van der Waals surface area contributed by atoms with Crippen molar-refractivity contribution >= 4 is 28.6 Å². The summed E-state index contributed by atoms with van der Waals surface area (Å²) in [5, 5.41) is 9.89. The van der Waals surface area contributed by atoms with Gasteiger partial charge in [0.1, 0.15) is 17.0 Å². The molecule has 26 heavy (non-hydrogen) atoms. The third-order valence-corrected chi connectivity index (χ3v) is 3.97. The van der Waals surface area contributed by atoms with Gasteiger partial charge in [0.05, 0.1) is 30.6 Å². The number of nitrogens with two attached hydrogens (primary N) is 1. The van der Waals surface area contributed by atoms with Crippen molar-refractivity contribution in [3.8, 4) is 6.07 Å². The Labute approximate surface area is 146 Å². The van der Waals surface area contributed by atoms with Crippen molar-refractivity contribution in [2.45, 2.75) is 0 Å². The number of carbonyl (C=O) groups excluding carboxylic acids is 2. The third kappa shape index (κ3) is 2.26. The largest absolute Gasteiger partial charge is 0.465 e. The highest BCUT2D eigenvalue weighted by Gasteiger charge is 2.29. The molecule has 0 radical (unpaired) electrons. The van der Waals surface area contributed by atoms with Crippen LogP contribution in [0.2, 0.25) is 0 Å². The second-order valence-electron chi connectivity index (χ2n) is 5.27. The minimum Gasteiger partial charge on any atom is -0.465 e. The van der Waals surface area contributed by atoms with E-state index in [9.17, 15) is 19.6 Å². The van der Waals surface area contributed by atoms with Crippen LogP contribution in [0.1, 0.15) is 26.3 Å². The van der Waals surface area contributed by atoms with Crippen LogP contribution in [0.5, 0.6) is 0 Å². The number of benzene rings is 1. The molecule has 0 aromatic heterocycles. The lowest BCUT2D eigenvalue weighted by Gasteiger charge is -2.05. The Balaban J connectivity index is 2.81. The van der Waals surface area contributed by atoms with Crippen LogP contribution in [-0.2, 0) is 9.47 Å². The normalized spacial score (nSPS) is 10.5. The lowest BCUT2D eigenvalue weighted by atomic mass is 10.0. The number of ether oxygens (including phenoxy) is 2. The molecule has 1 aromatic carbocycles. The maximum absolute atomic E-state index is 12.9. The van der Waals surface area contributed by atoms with Crippen LogP contribution in [0.25, 0.3) is 10.8 Å². The number of methoxy groups -OCH3 is 2. The number of anilines is 1. The summed E-state index contributed by atoms with van der Waals surface area (Å²) >= 11 is 0. The summed E-state index contributed by atoms with van der Waals surface area (Å²) in [5.41, 5.74) is 3.94. The van der Waals surface area contributed by atoms with E-state index in [0.717, 1.165) is 14.2 Å². The van der Waals surface area contributed by atoms with Crippen molar-refractivity contribution in [1.82, 2.24) is 0 Å². The molecule has 1 heterocycles. The molecule has 130 valence electrons. The molecule has 0 fully saturated rings. The van der Waals surface area contributed by atoms with E-state index in [4.69, 9.17) is 14.9 Å². The molecule has 0 saturated heterocycles. The minimum absolute atomic E-state index is 0.0184. The van der Waals surface area contributed by atoms with Gasteiger partial charge in [-0.05, 0) is 0 Å². The van der Waals surface area contributed by atoms with Crippen molar-refractivity contribution < 1.29 is 23.5 Å². The Morgan fingerprint density at radius 1 is 1.08 bits per heavy atom. The standard InChI is InChI=1S/C18H12N2O6/c1-24-17(22)11-10(7-19)16(20)26-15-9-6-4-3-5-8(9)14(21)13(15)12(11)18(23)25-2/h3-6H,20H2,1-2H3. The summed E-state index contributed by atoms with van der Waals surface area (Å²) in [4.78, 5) is 37.7. The number of fused-ring (bicyclic) bond motifs is 2. The molecule has 8 nitrogen and oxygen atoms in total. The van der Waals surface area contributed by atoms with Crippen LogP contribution < -0.4 is 11.2 Å². The van der Waals surface area contributed by atoms with Crippen LogP contribution in [0.3, 0.4) is 0 Å². The van der Waals surface area contributed by atoms with E-state index < -0.39 is 39.9 Å². The van der Waals surface area contributed by atoms with Gasteiger partial charge in [0.25, 0.3) is 0 Å². The highest BCUT2D eigenvalue weighted by Crippen LogP contribution is 2.26. The SMILES string of the molecule is COC(=O)c1c(C#N)c(N)oc2c3ccccc3c(=O)c=2c1C(=O)OC. The van der Waals surface area contributed by atoms with E-state index in [1.165, 1.54) is 0 Å². The summed E-state index contributed by atoms with van der Waals surface area (Å²) in [5.74, 6) is -2.44. The minimum atomic E-state index is -1.02. The molecular weight excluding hydrogens is 340 g/mol. The first-order chi connectivity index (χ1) is 12.5. The number of carbonyl (C=O) groups is 2. The van der Waals surface area contributed by atoms with E-state index in [1.54, 1.807) is 30.3 Å². The van der Waals surface area contributed by atoms with E-state index in [-0.39, 0.29) is 16.0 Å². The molecule has 1 aliphatic heterocycles. The Hall–Kier alpha value is -3.86. The fourth-order valence-electron chi connectivity index (χ4n) is 2.84. The molecule has 1 aliphatic carbocycles. The molecular formula is C18H12N2O6. The monoisotopic (exact) mass is 352 g/mol. The molecule has 8 heteroatoms. The molecule has 0 atom stereocenters. The molecule has 2 N–H and O–H groups in total. The lowest BCUT2D eigenvalue weighted by molar-refractivity contribution is 0.0554. The quantitative estimate of drug-likeness (QED) is 0.687. The highest BCUT2D eigenvalue weighted by molar-refractivity contribution is 6.06. The topological polar surface area (TPSA) is 133 Å². The van der Waals surface area contributed by atoms with Gasteiger partial charge >= 0.3 is 11.9 Å². The Morgan fingerprint density at radius 3 is 2.23 bits per heavy atom. The maximum atomic E-state index is 12.9. The van der Waals surface area contributed by atoms with Crippen LogP contribution in [0.4, 0.5) is 5.88 Å². The molecule has 3 rings (SSSR count). The van der Waals surface area contributed by atoms with Crippen molar-refractivity contribution in [2.75, 3.05) is 20.0 Å². The summed E-state index contributed by atoms with van der Waals surface area (Å²) in [6.07, 6.45) is 0. The summed E-state index contributed by atoms with van der Waals surface area (Å²) in [7, 11) is 2.16. The van der Waals surface area contributed by atoms with Gasteiger partial charge in [-0.15, -0.1) is 0 Å². The Bertz CT molecular complexity index is 1240. The van der Waals surface area contributed by atoms with E-state index in [1.807, 2.05) is 0 Å². The average Bonchev–Trinajstić information content (AvgIpc) is 2.84. The van der Waals surface area contributed by atoms with Gasteiger partial charge in [-0.25, -0.2) is 9.59 Å². The van der Waals surface area contributed by atoms with Crippen molar-refractivity contribution in [3.05, 3.63) is 61.8 Å². The third-order valence-electron chi connectivity index (χ3n) is 3.97. The van der Waals surface area contributed by atoms with Crippen molar-refractivity contribution in [2.24, 2.45) is 0 Å². The fraction of sp³-hybridized carbons (Fsp3) is 0.111. The molecule has 2 aliphatic rings. The number of nitriles is 1. The van der Waals surface area contributed by atoms with Gasteiger partial charge < -0.3 is 19.6 Å². The number of hydrogen-bond donors (Lipinski definition) is 1. The van der Waals surface area contributed by atoms with Crippen molar-refractivity contribution in [1.29, 1.82) is 5.26 Å². The zero-order chi connectivity index (χ0) is 19.0. The van der Waals surface area contributed by atoms with Gasteiger partial charge in [0, 0.05) is 10.8 Å². The summed E-state index contributed by atoms with van der Waals surface area (Å²) < 4.78 is 14.9. The Morgan fingerprint density at radius 2 is 1.65 bits per heavy atom. The molecule has 0 spiro atoms. The van der Waals surface area contributed by atoms with Crippen LogP contribution in [-0.4, -0.2) is 26.2 Å².